The van der Waals surface area contributed by atoms with Gasteiger partial charge in [-0.15, -0.1) is 0 Å². The Balaban J connectivity index is 1.98. The number of rotatable bonds is 2. The Bertz CT molecular complexity index is 761. The molecule has 0 spiro atoms. The molecule has 0 bridgehead atoms. The van der Waals surface area contributed by atoms with Crippen molar-refractivity contribution >= 4 is 40.0 Å². The van der Waals surface area contributed by atoms with Crippen LogP contribution in [0.1, 0.15) is 15.9 Å². The number of amides is 1. The minimum Gasteiger partial charge on any atom is -0.482 e. The summed E-state index contributed by atoms with van der Waals surface area (Å²) in [6.45, 7) is -0.0316. The SMILES string of the molecule is O=C1COc2ccc(C(=O)c3ccc(F)cc3I)cc2N1. The van der Waals surface area contributed by atoms with Crippen LogP contribution in [0.2, 0.25) is 0 Å². The fraction of sp³-hybridized carbons (Fsp3) is 0.0667. The van der Waals surface area contributed by atoms with E-state index in [1.54, 1.807) is 18.2 Å². The van der Waals surface area contributed by atoms with E-state index in [4.69, 9.17) is 4.74 Å². The smallest absolute Gasteiger partial charge is 0.262 e. The third kappa shape index (κ3) is 2.76. The molecule has 1 heterocycles. The van der Waals surface area contributed by atoms with E-state index in [1.165, 1.54) is 18.2 Å². The first-order valence-corrected chi connectivity index (χ1v) is 7.19. The zero-order chi connectivity index (χ0) is 15.0. The predicted octanol–water partition coefficient (Wildman–Crippen LogP) is 2.99. The van der Waals surface area contributed by atoms with E-state index >= 15 is 0 Å². The lowest BCUT2D eigenvalue weighted by Gasteiger charge is -2.18. The molecule has 0 atom stereocenters. The Kier molecular flexibility index (Phi) is 3.62. The summed E-state index contributed by atoms with van der Waals surface area (Å²) in [6.07, 6.45) is 0. The van der Waals surface area contributed by atoms with E-state index in [9.17, 15) is 14.0 Å². The largest absolute Gasteiger partial charge is 0.482 e. The van der Waals surface area contributed by atoms with Crippen LogP contribution >= 0.6 is 22.6 Å². The van der Waals surface area contributed by atoms with E-state index in [0.29, 0.717) is 26.1 Å². The topological polar surface area (TPSA) is 55.4 Å². The van der Waals surface area contributed by atoms with E-state index in [0.717, 1.165) is 0 Å². The quantitative estimate of drug-likeness (QED) is 0.627. The van der Waals surface area contributed by atoms with Crippen molar-refractivity contribution in [3.05, 3.63) is 56.9 Å². The van der Waals surface area contributed by atoms with Gasteiger partial charge in [0.05, 0.1) is 5.69 Å². The Labute approximate surface area is 133 Å². The second-order valence-electron chi connectivity index (χ2n) is 4.50. The molecule has 0 radical (unpaired) electrons. The highest BCUT2D eigenvalue weighted by molar-refractivity contribution is 14.1. The van der Waals surface area contributed by atoms with Crippen molar-refractivity contribution < 1.29 is 18.7 Å². The molecule has 1 aliphatic rings. The average Bonchev–Trinajstić information content (AvgIpc) is 2.46. The summed E-state index contributed by atoms with van der Waals surface area (Å²) in [5, 5.41) is 2.65. The Morgan fingerprint density at radius 2 is 2.05 bits per heavy atom. The van der Waals surface area contributed by atoms with Crippen molar-refractivity contribution in [2.75, 3.05) is 11.9 Å². The second-order valence-corrected chi connectivity index (χ2v) is 5.66. The maximum Gasteiger partial charge on any atom is 0.262 e. The number of fused-ring (bicyclic) bond motifs is 1. The van der Waals surface area contributed by atoms with Crippen LogP contribution in [0.25, 0.3) is 0 Å². The molecule has 4 nitrogen and oxygen atoms in total. The number of halogens is 2. The predicted molar refractivity (Wildman–Crippen MR) is 83.1 cm³/mol. The number of benzene rings is 2. The van der Waals surface area contributed by atoms with Gasteiger partial charge in [-0.1, -0.05) is 0 Å². The molecule has 106 valence electrons. The molecule has 2 aromatic rings. The summed E-state index contributed by atoms with van der Waals surface area (Å²) in [4.78, 5) is 23.8. The number of nitrogens with one attached hydrogen (secondary N) is 1. The second kappa shape index (κ2) is 5.44. The first kappa shape index (κ1) is 14.0. The van der Waals surface area contributed by atoms with Crippen LogP contribution < -0.4 is 10.1 Å². The van der Waals surface area contributed by atoms with Gasteiger partial charge >= 0.3 is 0 Å². The highest BCUT2D eigenvalue weighted by Crippen LogP contribution is 2.29. The summed E-state index contributed by atoms with van der Waals surface area (Å²) in [5.41, 5.74) is 1.29. The maximum atomic E-state index is 13.1. The van der Waals surface area contributed by atoms with Crippen LogP contribution in [0.3, 0.4) is 0 Å². The molecule has 1 amide bonds. The van der Waals surface area contributed by atoms with Gasteiger partial charge in [0.1, 0.15) is 11.6 Å². The number of anilines is 1. The number of carbonyl (C=O) groups excluding carboxylic acids is 2. The minimum atomic E-state index is -0.387. The Hall–Kier alpha value is -1.96. The number of hydrogen-bond donors (Lipinski definition) is 1. The van der Waals surface area contributed by atoms with Crippen LogP contribution in [0, 0.1) is 9.39 Å². The van der Waals surface area contributed by atoms with Crippen molar-refractivity contribution in [2.24, 2.45) is 0 Å². The van der Waals surface area contributed by atoms with Crippen molar-refractivity contribution in [1.29, 1.82) is 0 Å². The van der Waals surface area contributed by atoms with E-state index in [-0.39, 0.29) is 24.1 Å². The number of carbonyl (C=O) groups is 2. The minimum absolute atomic E-state index is 0.0316. The first-order chi connectivity index (χ1) is 10.0. The fourth-order valence-electron chi connectivity index (χ4n) is 2.05. The van der Waals surface area contributed by atoms with Crippen LogP contribution in [-0.4, -0.2) is 18.3 Å². The van der Waals surface area contributed by atoms with Crippen LogP contribution in [0.15, 0.2) is 36.4 Å². The van der Waals surface area contributed by atoms with Gasteiger partial charge in [0.25, 0.3) is 5.91 Å². The maximum absolute atomic E-state index is 13.1. The monoisotopic (exact) mass is 397 g/mol. The Morgan fingerprint density at radius 1 is 1.24 bits per heavy atom. The number of hydrogen-bond acceptors (Lipinski definition) is 3. The molecule has 0 saturated heterocycles. The average molecular weight is 397 g/mol. The Morgan fingerprint density at radius 3 is 2.81 bits per heavy atom. The van der Waals surface area contributed by atoms with Gasteiger partial charge < -0.3 is 10.1 Å². The first-order valence-electron chi connectivity index (χ1n) is 6.11. The van der Waals surface area contributed by atoms with Crippen molar-refractivity contribution in [3.8, 4) is 5.75 Å². The van der Waals surface area contributed by atoms with E-state index in [2.05, 4.69) is 5.32 Å². The van der Waals surface area contributed by atoms with Gasteiger partial charge in [0, 0.05) is 14.7 Å². The standard InChI is InChI=1S/C15H9FINO3/c16-9-2-3-10(11(17)6-9)15(20)8-1-4-13-12(5-8)18-14(19)7-21-13/h1-6H,7H2,(H,18,19). The van der Waals surface area contributed by atoms with Gasteiger partial charge in [0.15, 0.2) is 12.4 Å². The van der Waals surface area contributed by atoms with Gasteiger partial charge in [-0.05, 0) is 59.0 Å². The molecule has 0 aliphatic carbocycles. The summed E-state index contributed by atoms with van der Waals surface area (Å²) in [7, 11) is 0. The molecule has 0 unspecified atom stereocenters. The summed E-state index contributed by atoms with van der Waals surface area (Å²) < 4.78 is 18.9. The van der Waals surface area contributed by atoms with Gasteiger partial charge in [-0.2, -0.15) is 0 Å². The third-order valence-corrected chi connectivity index (χ3v) is 3.94. The highest BCUT2D eigenvalue weighted by atomic mass is 127. The van der Waals surface area contributed by atoms with Crippen LogP contribution in [0.5, 0.6) is 5.75 Å². The molecule has 1 N–H and O–H groups in total. The summed E-state index contributed by atoms with van der Waals surface area (Å²) >= 11 is 1.92. The molecule has 6 heteroatoms. The molecule has 3 rings (SSSR count). The number of ketones is 1. The molecule has 1 aliphatic heterocycles. The lowest BCUT2D eigenvalue weighted by Crippen LogP contribution is -2.25. The van der Waals surface area contributed by atoms with Crippen LogP contribution in [0.4, 0.5) is 10.1 Å². The van der Waals surface area contributed by atoms with E-state index in [1.807, 2.05) is 22.6 Å². The molecule has 0 fully saturated rings. The molecular formula is C15H9FINO3. The summed E-state index contributed by atoms with van der Waals surface area (Å²) in [6, 6.07) is 8.83. The third-order valence-electron chi connectivity index (χ3n) is 3.05. The zero-order valence-electron chi connectivity index (χ0n) is 10.7. The lowest BCUT2D eigenvalue weighted by molar-refractivity contribution is -0.118. The van der Waals surface area contributed by atoms with Crippen molar-refractivity contribution in [2.45, 2.75) is 0 Å². The normalized spacial score (nSPS) is 13.1. The van der Waals surface area contributed by atoms with Crippen LogP contribution in [-0.2, 0) is 4.79 Å². The molecular weight excluding hydrogens is 388 g/mol. The lowest BCUT2D eigenvalue weighted by atomic mass is 10.0. The number of ether oxygens (including phenoxy) is 1. The molecule has 21 heavy (non-hydrogen) atoms. The fourth-order valence-corrected chi connectivity index (χ4v) is 2.78. The molecule has 0 saturated carbocycles. The summed E-state index contributed by atoms with van der Waals surface area (Å²) in [5.74, 6) is -0.354. The van der Waals surface area contributed by atoms with Crippen molar-refractivity contribution in [3.63, 3.8) is 0 Å². The molecule has 2 aromatic carbocycles. The molecule has 0 aromatic heterocycles. The van der Waals surface area contributed by atoms with Gasteiger partial charge in [-0.3, -0.25) is 9.59 Å². The zero-order valence-corrected chi connectivity index (χ0v) is 12.8. The highest BCUT2D eigenvalue weighted by Gasteiger charge is 2.19. The van der Waals surface area contributed by atoms with Gasteiger partial charge in [-0.25, -0.2) is 4.39 Å². The van der Waals surface area contributed by atoms with Crippen molar-refractivity contribution in [1.82, 2.24) is 0 Å². The van der Waals surface area contributed by atoms with Gasteiger partial charge in [0.2, 0.25) is 0 Å². The van der Waals surface area contributed by atoms with E-state index < -0.39 is 0 Å².